The molecule has 6 rings (SSSR count). The number of likely N-dealkylation sites (tertiary alicyclic amines) is 1. The number of rotatable bonds is 8. The second kappa shape index (κ2) is 10.6. The highest BCUT2D eigenvalue weighted by Crippen LogP contribution is 2.36. The number of fused-ring (bicyclic) bond motifs is 1. The van der Waals surface area contributed by atoms with Gasteiger partial charge in [0.2, 0.25) is 17.8 Å². The van der Waals surface area contributed by atoms with E-state index < -0.39 is 0 Å². The number of β-lactam (4-membered cyclic amide) rings is 1. The summed E-state index contributed by atoms with van der Waals surface area (Å²) in [6, 6.07) is 2.07. The maximum atomic E-state index is 12.7. The molecule has 0 spiro atoms. The average molecular weight is 534 g/mol. The van der Waals surface area contributed by atoms with Crippen molar-refractivity contribution < 1.29 is 4.79 Å². The first-order valence-electron chi connectivity index (χ1n) is 14.1. The Morgan fingerprint density at radius 2 is 1.82 bits per heavy atom. The first kappa shape index (κ1) is 25.7. The van der Waals surface area contributed by atoms with Crippen LogP contribution in [-0.2, 0) is 11.8 Å². The Kier molecular flexibility index (Phi) is 6.96. The lowest BCUT2D eigenvalue weighted by Crippen LogP contribution is -2.64. The van der Waals surface area contributed by atoms with Crippen molar-refractivity contribution in [2.45, 2.75) is 39.2 Å². The molecule has 3 aliphatic heterocycles. The summed E-state index contributed by atoms with van der Waals surface area (Å²) in [5.74, 6) is 2.57. The lowest BCUT2D eigenvalue weighted by molar-refractivity contribution is -0.161. The van der Waals surface area contributed by atoms with Gasteiger partial charge in [0, 0.05) is 77.8 Å². The SMILES string of the molecule is Cn1cnc2c(N3CCCC(N4CC(C)(C)C4=O)C3)nc(NCCCN3CCN(c4ncccn4)CC3)nc21. The van der Waals surface area contributed by atoms with E-state index >= 15 is 0 Å². The van der Waals surface area contributed by atoms with Crippen molar-refractivity contribution in [3.8, 4) is 0 Å². The Balaban J connectivity index is 1.06. The second-order valence-corrected chi connectivity index (χ2v) is 11.6. The van der Waals surface area contributed by atoms with Crippen LogP contribution in [-0.4, -0.2) is 110 Å². The number of imidazole rings is 1. The number of amides is 1. The molecule has 3 fully saturated rings. The van der Waals surface area contributed by atoms with Crippen LogP contribution in [0.25, 0.3) is 11.2 Å². The Morgan fingerprint density at radius 1 is 1.03 bits per heavy atom. The highest BCUT2D eigenvalue weighted by molar-refractivity contribution is 5.88. The van der Waals surface area contributed by atoms with Crippen LogP contribution in [0.4, 0.5) is 17.7 Å². The van der Waals surface area contributed by atoms with Gasteiger partial charge in [0.25, 0.3) is 0 Å². The standard InChI is InChI=1S/C27H39N11O/c1-27(2)18-38(24(27)39)20-7-4-12-37(17-20)23-21-22(34(3)19-31-21)32-25(33-23)28-10-6-11-35-13-15-36(16-14-35)26-29-8-5-9-30-26/h5,8-9,19-20H,4,6-7,10-18H2,1-3H3,(H,28,32,33). The largest absolute Gasteiger partial charge is 0.354 e. The number of hydrogen-bond acceptors (Lipinski definition) is 10. The summed E-state index contributed by atoms with van der Waals surface area (Å²) in [7, 11) is 1.97. The number of nitrogens with one attached hydrogen (secondary N) is 1. The quantitative estimate of drug-likeness (QED) is 0.339. The van der Waals surface area contributed by atoms with E-state index in [0.29, 0.717) is 5.95 Å². The summed E-state index contributed by atoms with van der Waals surface area (Å²) in [6.07, 6.45) is 8.47. The Labute approximate surface area is 229 Å². The van der Waals surface area contributed by atoms with Gasteiger partial charge in [-0.25, -0.2) is 15.0 Å². The molecule has 1 unspecified atom stereocenters. The first-order chi connectivity index (χ1) is 18.9. The fraction of sp³-hybridized carbons (Fsp3) is 0.630. The third-order valence-corrected chi connectivity index (χ3v) is 8.23. The van der Waals surface area contributed by atoms with E-state index in [2.05, 4.69) is 39.9 Å². The molecule has 0 bridgehead atoms. The van der Waals surface area contributed by atoms with E-state index in [1.807, 2.05) is 31.5 Å². The molecule has 12 nitrogen and oxygen atoms in total. The van der Waals surface area contributed by atoms with E-state index in [0.717, 1.165) is 101 Å². The third-order valence-electron chi connectivity index (χ3n) is 8.23. The van der Waals surface area contributed by atoms with Crippen LogP contribution in [0.15, 0.2) is 24.8 Å². The summed E-state index contributed by atoms with van der Waals surface area (Å²) in [5, 5.41) is 3.47. The molecule has 208 valence electrons. The minimum absolute atomic E-state index is 0.221. The number of carbonyl (C=O) groups excluding carboxylic acids is 1. The number of nitrogens with zero attached hydrogens (tertiary/aromatic N) is 10. The van der Waals surface area contributed by atoms with Crippen molar-refractivity contribution in [2.24, 2.45) is 12.5 Å². The van der Waals surface area contributed by atoms with Crippen LogP contribution in [0.3, 0.4) is 0 Å². The van der Waals surface area contributed by atoms with Crippen LogP contribution in [0.1, 0.15) is 33.1 Å². The number of piperazine rings is 1. The van der Waals surface area contributed by atoms with E-state index in [9.17, 15) is 4.79 Å². The Bertz CT molecular complexity index is 1300. The predicted octanol–water partition coefficient (Wildman–Crippen LogP) is 1.61. The summed E-state index contributed by atoms with van der Waals surface area (Å²) >= 11 is 0. The molecule has 3 aromatic heterocycles. The van der Waals surface area contributed by atoms with Crippen LogP contribution < -0.4 is 15.1 Å². The minimum atomic E-state index is -0.230. The molecule has 1 N–H and O–H groups in total. The lowest BCUT2D eigenvalue weighted by atomic mass is 9.81. The summed E-state index contributed by atoms with van der Waals surface area (Å²) in [5.41, 5.74) is 1.41. The summed E-state index contributed by atoms with van der Waals surface area (Å²) < 4.78 is 1.95. The van der Waals surface area contributed by atoms with Gasteiger partial charge in [-0.3, -0.25) is 9.69 Å². The van der Waals surface area contributed by atoms with Gasteiger partial charge in [0.05, 0.1) is 11.7 Å². The molecule has 0 radical (unpaired) electrons. The number of hydrogen-bond donors (Lipinski definition) is 1. The van der Waals surface area contributed by atoms with Crippen molar-refractivity contribution in [1.29, 1.82) is 0 Å². The van der Waals surface area contributed by atoms with Gasteiger partial charge in [0.15, 0.2) is 17.0 Å². The monoisotopic (exact) mass is 533 g/mol. The molecule has 1 atom stereocenters. The average Bonchev–Trinajstić information content (AvgIpc) is 3.34. The van der Waals surface area contributed by atoms with Gasteiger partial charge < -0.3 is 24.6 Å². The smallest absolute Gasteiger partial charge is 0.230 e. The first-order valence-corrected chi connectivity index (χ1v) is 14.1. The van der Waals surface area contributed by atoms with Gasteiger partial charge in [-0.15, -0.1) is 0 Å². The fourth-order valence-electron chi connectivity index (χ4n) is 5.98. The van der Waals surface area contributed by atoms with Crippen LogP contribution in [0.5, 0.6) is 0 Å². The number of anilines is 3. The van der Waals surface area contributed by atoms with Gasteiger partial charge in [0.1, 0.15) is 0 Å². The van der Waals surface area contributed by atoms with Crippen LogP contribution in [0.2, 0.25) is 0 Å². The van der Waals surface area contributed by atoms with Gasteiger partial charge >= 0.3 is 0 Å². The topological polar surface area (TPSA) is 111 Å². The summed E-state index contributed by atoms with van der Waals surface area (Å²) in [6.45, 7) is 12.3. The third kappa shape index (κ3) is 5.21. The number of carbonyl (C=O) groups is 1. The molecule has 12 heteroatoms. The zero-order valence-corrected chi connectivity index (χ0v) is 23.3. The molecular formula is C27H39N11O. The van der Waals surface area contributed by atoms with Crippen molar-refractivity contribution in [1.82, 2.24) is 39.3 Å². The highest BCUT2D eigenvalue weighted by Gasteiger charge is 2.47. The summed E-state index contributed by atoms with van der Waals surface area (Å²) in [4.78, 5) is 44.9. The zero-order chi connectivity index (χ0) is 27.0. The molecular weight excluding hydrogens is 494 g/mol. The van der Waals surface area contributed by atoms with Crippen LogP contribution in [0, 0.1) is 5.41 Å². The van der Waals surface area contributed by atoms with Crippen molar-refractivity contribution in [3.05, 3.63) is 24.8 Å². The van der Waals surface area contributed by atoms with Crippen LogP contribution >= 0.6 is 0 Å². The van der Waals surface area contributed by atoms with E-state index in [1.54, 1.807) is 18.7 Å². The molecule has 3 aromatic rings. The van der Waals surface area contributed by atoms with Crippen molar-refractivity contribution in [3.63, 3.8) is 0 Å². The molecule has 39 heavy (non-hydrogen) atoms. The normalized spacial score (nSPS) is 21.9. The predicted molar refractivity (Wildman–Crippen MR) is 151 cm³/mol. The number of aromatic nitrogens is 6. The van der Waals surface area contributed by atoms with E-state index in [-0.39, 0.29) is 17.4 Å². The molecule has 1 amide bonds. The lowest BCUT2D eigenvalue weighted by Gasteiger charge is -2.51. The minimum Gasteiger partial charge on any atom is -0.354 e. The molecule has 3 saturated heterocycles. The van der Waals surface area contributed by atoms with E-state index in [4.69, 9.17) is 9.97 Å². The molecule has 0 aromatic carbocycles. The molecule has 0 saturated carbocycles. The molecule has 3 aliphatic rings. The number of aryl methyl sites for hydroxylation is 1. The van der Waals surface area contributed by atoms with Crippen molar-refractivity contribution in [2.75, 3.05) is 74.0 Å². The molecule has 0 aliphatic carbocycles. The fourth-order valence-corrected chi connectivity index (χ4v) is 5.98. The molecule has 6 heterocycles. The highest BCUT2D eigenvalue weighted by atomic mass is 16.2. The van der Waals surface area contributed by atoms with E-state index in [1.165, 1.54) is 0 Å². The Hall–Kier alpha value is -3.54. The van der Waals surface area contributed by atoms with Gasteiger partial charge in [-0.2, -0.15) is 9.97 Å². The second-order valence-electron chi connectivity index (χ2n) is 11.6. The van der Waals surface area contributed by atoms with Gasteiger partial charge in [-0.1, -0.05) is 0 Å². The maximum Gasteiger partial charge on any atom is 0.230 e. The number of piperidine rings is 1. The Morgan fingerprint density at radius 3 is 2.56 bits per heavy atom. The maximum absolute atomic E-state index is 12.7. The van der Waals surface area contributed by atoms with Gasteiger partial charge in [-0.05, 0) is 45.7 Å². The van der Waals surface area contributed by atoms with Crippen molar-refractivity contribution >= 4 is 34.8 Å². The zero-order valence-electron chi connectivity index (χ0n) is 23.3.